The van der Waals surface area contributed by atoms with E-state index in [0.29, 0.717) is 12.5 Å². The molecule has 0 saturated heterocycles. The highest BCUT2D eigenvalue weighted by atomic mass is 79.9. The van der Waals surface area contributed by atoms with Gasteiger partial charge in [0.1, 0.15) is 4.90 Å². The van der Waals surface area contributed by atoms with Crippen molar-refractivity contribution in [3.8, 4) is 0 Å². The van der Waals surface area contributed by atoms with Crippen LogP contribution in [0.2, 0.25) is 5.02 Å². The van der Waals surface area contributed by atoms with E-state index in [1.165, 1.54) is 31.7 Å². The minimum Gasteiger partial charge on any atom is -0.211 e. The minimum atomic E-state index is -3.52. The fraction of sp³-hybridized carbons (Fsp3) is 0.571. The summed E-state index contributed by atoms with van der Waals surface area (Å²) in [5, 5.41) is 0.251. The van der Waals surface area contributed by atoms with Crippen molar-refractivity contribution in [3.63, 3.8) is 0 Å². The normalized spacial score (nSPS) is 19.6. The van der Waals surface area contributed by atoms with Gasteiger partial charge in [0.25, 0.3) is 0 Å². The molecule has 2 aliphatic rings. The summed E-state index contributed by atoms with van der Waals surface area (Å²) in [6.45, 7) is 0.546. The van der Waals surface area contributed by atoms with E-state index in [2.05, 4.69) is 20.7 Å². The largest absolute Gasteiger partial charge is 0.242 e. The van der Waals surface area contributed by atoms with Crippen LogP contribution in [-0.2, 0) is 10.0 Å². The van der Waals surface area contributed by atoms with E-state index >= 15 is 0 Å². The van der Waals surface area contributed by atoms with Gasteiger partial charge in [0.15, 0.2) is 0 Å². The second kappa shape index (κ2) is 5.59. The molecule has 0 radical (unpaired) electrons. The number of sulfonamides is 1. The molecule has 3 rings (SSSR count). The van der Waals surface area contributed by atoms with Crippen LogP contribution in [0.5, 0.6) is 0 Å². The van der Waals surface area contributed by atoms with Crippen LogP contribution in [0.4, 0.5) is 0 Å². The van der Waals surface area contributed by atoms with Gasteiger partial charge in [-0.1, -0.05) is 27.5 Å². The fourth-order valence-electron chi connectivity index (χ4n) is 2.74. The Kier molecular flexibility index (Phi) is 4.15. The molecule has 0 atom stereocenters. The number of hydrogen-bond donors (Lipinski definition) is 1. The Hall–Kier alpha value is -0.100. The number of nitrogens with one attached hydrogen (secondary N) is 1. The lowest BCUT2D eigenvalue weighted by atomic mass is 9.99. The zero-order chi connectivity index (χ0) is 14.3. The van der Waals surface area contributed by atoms with Crippen molar-refractivity contribution in [2.45, 2.75) is 30.6 Å². The summed E-state index contributed by atoms with van der Waals surface area (Å²) in [6.07, 6.45) is 5.01. The van der Waals surface area contributed by atoms with E-state index in [-0.39, 0.29) is 9.92 Å². The molecule has 0 bridgehead atoms. The second-order valence-corrected chi connectivity index (χ2v) is 8.82. The first-order chi connectivity index (χ1) is 9.47. The molecule has 1 aromatic rings. The van der Waals surface area contributed by atoms with Crippen molar-refractivity contribution in [1.82, 2.24) is 4.72 Å². The maximum atomic E-state index is 12.3. The molecule has 0 unspecified atom stereocenters. The van der Waals surface area contributed by atoms with Crippen LogP contribution in [0.1, 0.15) is 25.7 Å². The molecular formula is C14H17BrClNO2S. The van der Waals surface area contributed by atoms with E-state index in [1.54, 1.807) is 12.1 Å². The van der Waals surface area contributed by atoms with E-state index in [9.17, 15) is 8.42 Å². The Balaban J connectivity index is 1.71. The van der Waals surface area contributed by atoms with Gasteiger partial charge in [0, 0.05) is 11.0 Å². The lowest BCUT2D eigenvalue weighted by Crippen LogP contribution is -2.31. The summed E-state index contributed by atoms with van der Waals surface area (Å²) in [7, 11) is -3.52. The van der Waals surface area contributed by atoms with Gasteiger partial charge in [-0.3, -0.25) is 0 Å². The molecule has 6 heteroatoms. The van der Waals surface area contributed by atoms with Crippen molar-refractivity contribution in [3.05, 3.63) is 27.7 Å². The number of hydrogen-bond acceptors (Lipinski definition) is 2. The molecule has 2 fully saturated rings. The monoisotopic (exact) mass is 377 g/mol. The summed E-state index contributed by atoms with van der Waals surface area (Å²) in [5.74, 6) is 1.97. The standard InChI is InChI=1S/C14H17BrClNO2S/c15-11-5-6-14(13(16)7-11)20(18,19)17-8-12(9-1-2-9)10-3-4-10/h5-7,9-10,12,17H,1-4,8H2. The van der Waals surface area contributed by atoms with Gasteiger partial charge in [-0.15, -0.1) is 0 Å². The first kappa shape index (κ1) is 14.8. The molecule has 0 aromatic heterocycles. The average Bonchev–Trinajstić information content (AvgIpc) is 3.23. The summed E-state index contributed by atoms with van der Waals surface area (Å²) in [5.41, 5.74) is 0. The van der Waals surface area contributed by atoms with Crippen molar-refractivity contribution in [2.24, 2.45) is 17.8 Å². The van der Waals surface area contributed by atoms with E-state index in [1.807, 2.05) is 0 Å². The van der Waals surface area contributed by atoms with Crippen LogP contribution in [0.3, 0.4) is 0 Å². The summed E-state index contributed by atoms with van der Waals surface area (Å²) >= 11 is 9.31. The van der Waals surface area contributed by atoms with Crippen molar-refractivity contribution >= 4 is 37.6 Å². The zero-order valence-electron chi connectivity index (χ0n) is 11.0. The predicted octanol–water partition coefficient (Wildman–Crippen LogP) is 3.82. The van der Waals surface area contributed by atoms with Crippen molar-refractivity contribution in [1.29, 1.82) is 0 Å². The number of rotatable bonds is 6. The Bertz CT molecular complexity index is 600. The summed E-state index contributed by atoms with van der Waals surface area (Å²) < 4.78 is 28.2. The Morgan fingerprint density at radius 1 is 1.25 bits per heavy atom. The SMILES string of the molecule is O=S(=O)(NCC(C1CC1)C1CC1)c1ccc(Br)cc1Cl. The van der Waals surface area contributed by atoms with Crippen LogP contribution in [-0.4, -0.2) is 15.0 Å². The highest BCUT2D eigenvalue weighted by molar-refractivity contribution is 9.10. The molecule has 3 nitrogen and oxygen atoms in total. The molecule has 0 amide bonds. The molecule has 1 N–H and O–H groups in total. The zero-order valence-corrected chi connectivity index (χ0v) is 14.1. The smallest absolute Gasteiger partial charge is 0.211 e. The Labute approximate surface area is 133 Å². The van der Waals surface area contributed by atoms with Gasteiger partial charge in [-0.25, -0.2) is 13.1 Å². The maximum Gasteiger partial charge on any atom is 0.242 e. The average molecular weight is 379 g/mol. The first-order valence-corrected chi connectivity index (χ1v) is 9.57. The topological polar surface area (TPSA) is 46.2 Å². The highest BCUT2D eigenvalue weighted by Crippen LogP contribution is 2.48. The molecule has 0 heterocycles. The van der Waals surface area contributed by atoms with Crippen molar-refractivity contribution in [2.75, 3.05) is 6.54 Å². The van der Waals surface area contributed by atoms with Gasteiger partial charge in [-0.05, 0) is 61.6 Å². The maximum absolute atomic E-state index is 12.3. The summed E-state index contributed by atoms with van der Waals surface area (Å²) in [6, 6.07) is 4.84. The molecule has 2 saturated carbocycles. The molecule has 0 spiro atoms. The van der Waals surface area contributed by atoms with Crippen LogP contribution < -0.4 is 4.72 Å². The van der Waals surface area contributed by atoms with Gasteiger partial charge in [0.2, 0.25) is 10.0 Å². The van der Waals surface area contributed by atoms with Crippen LogP contribution in [0, 0.1) is 17.8 Å². The van der Waals surface area contributed by atoms with Crippen molar-refractivity contribution < 1.29 is 8.42 Å². The minimum absolute atomic E-state index is 0.160. The third-order valence-electron chi connectivity index (χ3n) is 4.15. The summed E-state index contributed by atoms with van der Waals surface area (Å²) in [4.78, 5) is 0.160. The fourth-order valence-corrected chi connectivity index (χ4v) is 4.85. The van der Waals surface area contributed by atoms with Gasteiger partial charge in [-0.2, -0.15) is 0 Å². The van der Waals surface area contributed by atoms with Gasteiger partial charge < -0.3 is 0 Å². The highest BCUT2D eigenvalue weighted by Gasteiger charge is 2.41. The Morgan fingerprint density at radius 2 is 1.85 bits per heavy atom. The lowest BCUT2D eigenvalue weighted by molar-refractivity contribution is 0.401. The molecule has 20 heavy (non-hydrogen) atoms. The van der Waals surface area contributed by atoms with E-state index in [0.717, 1.165) is 16.3 Å². The molecule has 110 valence electrons. The number of benzene rings is 1. The second-order valence-electron chi connectivity index (χ2n) is 5.77. The first-order valence-electron chi connectivity index (χ1n) is 6.92. The van der Waals surface area contributed by atoms with Crippen LogP contribution in [0.25, 0.3) is 0 Å². The molecular weight excluding hydrogens is 362 g/mol. The number of halogens is 2. The van der Waals surface area contributed by atoms with Crippen LogP contribution in [0.15, 0.2) is 27.6 Å². The van der Waals surface area contributed by atoms with E-state index in [4.69, 9.17) is 11.6 Å². The van der Waals surface area contributed by atoms with Gasteiger partial charge in [0.05, 0.1) is 5.02 Å². The lowest BCUT2D eigenvalue weighted by Gasteiger charge is -2.16. The third kappa shape index (κ3) is 3.38. The predicted molar refractivity (Wildman–Crippen MR) is 83.3 cm³/mol. The third-order valence-corrected chi connectivity index (χ3v) is 6.55. The molecule has 0 aliphatic heterocycles. The Morgan fingerprint density at radius 3 is 2.35 bits per heavy atom. The molecule has 1 aromatic carbocycles. The quantitative estimate of drug-likeness (QED) is 0.818. The molecule has 2 aliphatic carbocycles. The van der Waals surface area contributed by atoms with E-state index < -0.39 is 10.0 Å². The van der Waals surface area contributed by atoms with Gasteiger partial charge >= 0.3 is 0 Å². The van der Waals surface area contributed by atoms with Crippen LogP contribution >= 0.6 is 27.5 Å².